The number of aromatic hydroxyl groups is 1. The van der Waals surface area contributed by atoms with Crippen molar-refractivity contribution in [3.63, 3.8) is 0 Å². The number of aromatic amines is 1. The highest BCUT2D eigenvalue weighted by molar-refractivity contribution is 5.96. The Hall–Kier alpha value is -3.21. The molecular formula is C22H25FN5O5+. The summed E-state index contributed by atoms with van der Waals surface area (Å²) >= 11 is 0. The normalized spacial score (nSPS) is 25.3. The van der Waals surface area contributed by atoms with Crippen LogP contribution in [0.15, 0.2) is 17.1 Å². The van der Waals surface area contributed by atoms with Crippen molar-refractivity contribution in [3.05, 3.63) is 33.8 Å². The van der Waals surface area contributed by atoms with E-state index in [-0.39, 0.29) is 36.3 Å². The van der Waals surface area contributed by atoms with Crippen LogP contribution in [-0.4, -0.2) is 68.4 Å². The lowest BCUT2D eigenvalue weighted by Crippen LogP contribution is -2.47. The Morgan fingerprint density at radius 2 is 2.18 bits per heavy atom. The number of carbonyl (C=O) groups is 2. The van der Waals surface area contributed by atoms with Gasteiger partial charge in [-0.1, -0.05) is 4.52 Å². The van der Waals surface area contributed by atoms with Gasteiger partial charge >= 0.3 is 17.1 Å². The molecule has 2 aromatic rings. The first-order chi connectivity index (χ1) is 15.8. The lowest BCUT2D eigenvalue weighted by atomic mass is 10.2. The van der Waals surface area contributed by atoms with Gasteiger partial charge in [0.2, 0.25) is 11.5 Å². The minimum Gasteiger partial charge on any atom is -0.477 e. The van der Waals surface area contributed by atoms with Crippen molar-refractivity contribution < 1.29 is 28.4 Å². The summed E-state index contributed by atoms with van der Waals surface area (Å²) in [6.07, 6.45) is 7.67. The summed E-state index contributed by atoms with van der Waals surface area (Å²) < 4.78 is 22.7. The predicted octanol–water partition coefficient (Wildman–Crippen LogP) is 0.0279. The fraction of sp³-hybridized carbons (Fsp3) is 0.545. The number of morpholine rings is 1. The van der Waals surface area contributed by atoms with Crippen molar-refractivity contribution in [3.8, 4) is 5.88 Å². The molecule has 2 saturated heterocycles. The first-order valence-electron chi connectivity index (χ1n) is 11.3. The molecule has 2 aliphatic carbocycles. The quantitative estimate of drug-likeness (QED) is 0.417. The van der Waals surface area contributed by atoms with Gasteiger partial charge < -0.3 is 20.1 Å². The molecule has 4 aliphatic rings. The lowest BCUT2D eigenvalue weighted by Gasteiger charge is -2.25. The van der Waals surface area contributed by atoms with E-state index in [4.69, 9.17) is 4.74 Å². The molecule has 10 nitrogen and oxygen atoms in total. The van der Waals surface area contributed by atoms with E-state index in [0.29, 0.717) is 31.6 Å². The van der Waals surface area contributed by atoms with E-state index in [9.17, 15) is 23.9 Å². The highest BCUT2D eigenvalue weighted by Crippen LogP contribution is 2.40. The fourth-order valence-electron chi connectivity index (χ4n) is 4.72. The molecule has 2 atom stereocenters. The SMILES string of the molecule is O=C(NC1CC1)c1c(O)[n+](CC2(F)CC2)c2c(/C=C/C(=O)N3C[C@@H]4C[C@H]3CO4)c[nH]n2c1=O. The van der Waals surface area contributed by atoms with Crippen LogP contribution in [0.4, 0.5) is 4.39 Å². The third-order valence-corrected chi connectivity index (χ3v) is 6.93. The van der Waals surface area contributed by atoms with Crippen LogP contribution in [-0.2, 0) is 16.1 Å². The molecule has 11 heteroatoms. The largest absolute Gasteiger partial charge is 0.477 e. The van der Waals surface area contributed by atoms with E-state index in [2.05, 4.69) is 10.4 Å². The van der Waals surface area contributed by atoms with Crippen LogP contribution in [0.3, 0.4) is 0 Å². The van der Waals surface area contributed by atoms with E-state index >= 15 is 0 Å². The molecule has 33 heavy (non-hydrogen) atoms. The number of halogens is 1. The van der Waals surface area contributed by atoms with Gasteiger partial charge in [-0.05, 0) is 38.2 Å². The van der Waals surface area contributed by atoms with Crippen molar-refractivity contribution in [1.82, 2.24) is 19.8 Å². The molecule has 2 bridgehead atoms. The van der Waals surface area contributed by atoms with Crippen LogP contribution in [0.25, 0.3) is 11.7 Å². The molecule has 0 radical (unpaired) electrons. The highest BCUT2D eigenvalue weighted by Gasteiger charge is 2.48. The van der Waals surface area contributed by atoms with E-state index in [1.165, 1.54) is 22.9 Å². The number of amides is 2. The molecule has 3 N–H and O–H groups in total. The molecule has 2 aromatic heterocycles. The van der Waals surface area contributed by atoms with Gasteiger partial charge in [0, 0.05) is 18.7 Å². The fourth-order valence-corrected chi connectivity index (χ4v) is 4.72. The number of hydrogen-bond donors (Lipinski definition) is 3. The molecule has 0 unspecified atom stereocenters. The Morgan fingerprint density at radius 3 is 2.82 bits per heavy atom. The first kappa shape index (κ1) is 20.4. The number of nitrogens with one attached hydrogen (secondary N) is 2. The number of likely N-dealkylation sites (tertiary alicyclic amines) is 1. The number of aromatic nitrogens is 3. The van der Waals surface area contributed by atoms with Gasteiger partial charge in [0.1, 0.15) is 12.2 Å². The van der Waals surface area contributed by atoms with Crippen LogP contribution in [0.2, 0.25) is 0 Å². The maximum absolute atomic E-state index is 14.8. The zero-order valence-corrected chi connectivity index (χ0v) is 17.9. The maximum Gasteiger partial charge on any atom is 0.378 e. The zero-order valence-electron chi connectivity index (χ0n) is 17.9. The Labute approximate surface area is 187 Å². The number of alkyl halides is 1. The van der Waals surface area contributed by atoms with Gasteiger partial charge in [0.05, 0.1) is 30.5 Å². The highest BCUT2D eigenvalue weighted by atomic mass is 19.1. The average molecular weight is 458 g/mol. The van der Waals surface area contributed by atoms with Crippen molar-refractivity contribution in [2.45, 2.75) is 62.5 Å². The van der Waals surface area contributed by atoms with Crippen molar-refractivity contribution in [2.75, 3.05) is 13.2 Å². The molecular weight excluding hydrogens is 433 g/mol. The van der Waals surface area contributed by atoms with Crippen LogP contribution in [0, 0.1) is 0 Å². The van der Waals surface area contributed by atoms with Gasteiger partial charge in [-0.2, -0.15) is 4.57 Å². The maximum atomic E-state index is 14.8. The van der Waals surface area contributed by atoms with Gasteiger partial charge in [-0.3, -0.25) is 9.59 Å². The number of carbonyl (C=O) groups excluding carboxylic acids is 2. The van der Waals surface area contributed by atoms with E-state index in [1.54, 1.807) is 4.90 Å². The minimum atomic E-state index is -1.51. The summed E-state index contributed by atoms with van der Waals surface area (Å²) in [4.78, 5) is 40.2. The van der Waals surface area contributed by atoms with Crippen LogP contribution < -0.4 is 15.4 Å². The Balaban J connectivity index is 1.39. The monoisotopic (exact) mass is 458 g/mol. The molecule has 174 valence electrons. The standard InChI is InChI=1S/C22H24FN5O5/c23-22(5-6-22)11-27-19-12(1-4-16(29)26-9-15-7-14(26)10-33-15)8-24-28(19)21(32)17(20(27)31)18(30)25-13-2-3-13/h1,4,8,13-15H,2-3,5-7,9-11H2,(H2,25,30,31,32)/p+1/b4-1+/t14-,15-/m0/s1. The second-order valence-electron chi connectivity index (χ2n) is 9.55. The molecule has 2 amide bonds. The van der Waals surface area contributed by atoms with Crippen molar-refractivity contribution in [1.29, 1.82) is 0 Å². The number of ether oxygens (including phenoxy) is 1. The summed E-state index contributed by atoms with van der Waals surface area (Å²) in [5.74, 6) is -1.43. The van der Waals surface area contributed by atoms with E-state index in [0.717, 1.165) is 23.8 Å². The van der Waals surface area contributed by atoms with Gasteiger partial charge in [-0.25, -0.2) is 14.3 Å². The molecule has 4 fully saturated rings. The summed E-state index contributed by atoms with van der Waals surface area (Å²) in [5, 5.41) is 16.4. The Kier molecular flexibility index (Phi) is 4.42. The summed E-state index contributed by atoms with van der Waals surface area (Å²) in [6.45, 7) is 0.878. The molecule has 2 aliphatic heterocycles. The Morgan fingerprint density at radius 1 is 1.39 bits per heavy atom. The van der Waals surface area contributed by atoms with Gasteiger partial charge in [0.15, 0.2) is 0 Å². The van der Waals surface area contributed by atoms with Gasteiger partial charge in [-0.15, -0.1) is 0 Å². The number of rotatable bonds is 6. The summed E-state index contributed by atoms with van der Waals surface area (Å²) in [6, 6.07) is 0.0568. The molecule has 2 saturated carbocycles. The number of nitrogens with zero attached hydrogens (tertiary/aromatic N) is 3. The van der Waals surface area contributed by atoms with Crippen molar-refractivity contribution in [2.24, 2.45) is 0 Å². The van der Waals surface area contributed by atoms with Crippen LogP contribution in [0.1, 0.15) is 48.0 Å². The third-order valence-electron chi connectivity index (χ3n) is 6.93. The van der Waals surface area contributed by atoms with E-state index in [1.807, 2.05) is 0 Å². The molecule has 6 rings (SSSR count). The number of hydrogen-bond acceptors (Lipinski definition) is 5. The second kappa shape index (κ2) is 7.14. The minimum absolute atomic E-state index is 0.0132. The second-order valence-corrected chi connectivity index (χ2v) is 9.55. The Bertz CT molecular complexity index is 1260. The van der Waals surface area contributed by atoms with Crippen LogP contribution >= 0.6 is 0 Å². The first-order valence-corrected chi connectivity index (χ1v) is 11.3. The molecule has 0 spiro atoms. The lowest BCUT2D eigenvalue weighted by molar-refractivity contribution is -0.688. The van der Waals surface area contributed by atoms with Crippen LogP contribution in [0.5, 0.6) is 5.88 Å². The van der Waals surface area contributed by atoms with Gasteiger partial charge in [0.25, 0.3) is 5.91 Å². The van der Waals surface area contributed by atoms with Crippen molar-refractivity contribution >= 4 is 23.5 Å². The summed E-state index contributed by atoms with van der Waals surface area (Å²) in [5.41, 5.74) is -2.05. The van der Waals surface area contributed by atoms with E-state index < -0.39 is 28.6 Å². The molecule has 4 heterocycles. The average Bonchev–Trinajstić information content (AvgIpc) is 3.57. The number of fused-ring (bicyclic) bond motifs is 3. The topological polar surface area (TPSA) is 120 Å². The third kappa shape index (κ3) is 3.50. The predicted molar refractivity (Wildman–Crippen MR) is 112 cm³/mol. The molecule has 0 aromatic carbocycles. The number of H-pyrrole nitrogens is 1. The smallest absolute Gasteiger partial charge is 0.378 e. The summed E-state index contributed by atoms with van der Waals surface area (Å²) in [7, 11) is 0. The zero-order chi connectivity index (χ0) is 22.9.